The van der Waals surface area contributed by atoms with Gasteiger partial charge in [0.2, 0.25) is 0 Å². The van der Waals surface area contributed by atoms with E-state index in [1.807, 2.05) is 13.8 Å². The van der Waals surface area contributed by atoms with Crippen LogP contribution in [-0.4, -0.2) is 22.4 Å². The molecule has 0 saturated carbocycles. The number of carbonyl (C=O) groups is 1. The van der Waals surface area contributed by atoms with Crippen molar-refractivity contribution in [3.8, 4) is 0 Å². The van der Waals surface area contributed by atoms with Gasteiger partial charge in [-0.1, -0.05) is 25.4 Å². The third-order valence-corrected chi connectivity index (χ3v) is 3.62. The van der Waals surface area contributed by atoms with Gasteiger partial charge in [0.25, 0.3) is 5.91 Å². The zero-order chi connectivity index (χ0) is 19.5. The summed E-state index contributed by atoms with van der Waals surface area (Å²) in [4.78, 5) is 20.3. The Hall–Kier alpha value is -2.35. The van der Waals surface area contributed by atoms with Crippen LogP contribution in [0.5, 0.6) is 0 Å². The van der Waals surface area contributed by atoms with E-state index in [0.717, 1.165) is 12.1 Å². The highest BCUT2D eigenvalue weighted by molar-refractivity contribution is 6.31. The Bertz CT molecular complexity index is 809. The number of nitrogens with one attached hydrogen (secondary N) is 2. The molecule has 0 atom stereocenters. The second-order valence-corrected chi connectivity index (χ2v) is 6.51. The molecule has 0 radical (unpaired) electrons. The summed E-state index contributed by atoms with van der Waals surface area (Å²) in [5.41, 5.74) is -0.677. The van der Waals surface area contributed by atoms with E-state index >= 15 is 0 Å². The van der Waals surface area contributed by atoms with E-state index in [-0.39, 0.29) is 29.0 Å². The molecule has 2 rings (SSSR count). The normalized spacial score (nSPS) is 11.5. The Balaban J connectivity index is 2.26. The van der Waals surface area contributed by atoms with E-state index in [2.05, 4.69) is 20.6 Å². The predicted octanol–water partition coefficient (Wildman–Crippen LogP) is 4.59. The van der Waals surface area contributed by atoms with Crippen molar-refractivity contribution in [2.75, 3.05) is 11.9 Å². The van der Waals surface area contributed by atoms with Gasteiger partial charge >= 0.3 is 6.18 Å². The molecule has 1 heterocycles. The monoisotopic (exact) mass is 386 g/mol. The molecule has 1 amide bonds. The summed E-state index contributed by atoms with van der Waals surface area (Å²) in [6, 6.07) is 4.81. The van der Waals surface area contributed by atoms with Crippen molar-refractivity contribution in [2.45, 2.75) is 26.9 Å². The van der Waals surface area contributed by atoms with Crippen LogP contribution in [-0.2, 0) is 6.18 Å². The summed E-state index contributed by atoms with van der Waals surface area (Å²) in [5, 5.41) is 5.09. The summed E-state index contributed by atoms with van der Waals surface area (Å²) in [5.74, 6) is 0.422. The molecule has 0 spiro atoms. The number of alkyl halides is 3. The maximum Gasteiger partial charge on any atom is 0.417 e. The lowest BCUT2D eigenvalue weighted by Gasteiger charge is -2.13. The Morgan fingerprint density at radius 1 is 1.23 bits per heavy atom. The van der Waals surface area contributed by atoms with Crippen molar-refractivity contribution in [3.63, 3.8) is 0 Å². The largest absolute Gasteiger partial charge is 0.417 e. The Morgan fingerprint density at radius 2 is 1.92 bits per heavy atom. The van der Waals surface area contributed by atoms with Crippen LogP contribution in [0.4, 0.5) is 24.7 Å². The maximum atomic E-state index is 13.0. The summed E-state index contributed by atoms with van der Waals surface area (Å²) in [7, 11) is 0. The quantitative estimate of drug-likeness (QED) is 0.788. The molecule has 0 aliphatic carbocycles. The van der Waals surface area contributed by atoms with Crippen LogP contribution in [0, 0.1) is 12.8 Å². The molecule has 5 nitrogen and oxygen atoms in total. The minimum atomic E-state index is -4.57. The van der Waals surface area contributed by atoms with Gasteiger partial charge in [-0.3, -0.25) is 4.79 Å². The number of halogens is 4. The minimum Gasteiger partial charge on any atom is -0.350 e. The van der Waals surface area contributed by atoms with Gasteiger partial charge in [0.05, 0.1) is 10.6 Å². The van der Waals surface area contributed by atoms with Crippen molar-refractivity contribution in [2.24, 2.45) is 5.92 Å². The van der Waals surface area contributed by atoms with E-state index in [0.29, 0.717) is 12.4 Å². The number of aryl methyl sites for hydroxylation is 1. The number of anilines is 2. The van der Waals surface area contributed by atoms with Crippen molar-refractivity contribution < 1.29 is 18.0 Å². The Kier molecular flexibility index (Phi) is 6.07. The number of hydrogen-bond acceptors (Lipinski definition) is 4. The molecular formula is C17H18ClF3N4O. The number of carbonyl (C=O) groups excluding carboxylic acids is 1. The average Bonchev–Trinajstić information content (AvgIpc) is 2.52. The molecule has 2 aromatic rings. The lowest BCUT2D eigenvalue weighted by atomic mass is 10.2. The van der Waals surface area contributed by atoms with Gasteiger partial charge in [0.15, 0.2) is 0 Å². The molecule has 0 saturated heterocycles. The second kappa shape index (κ2) is 7.90. The third kappa shape index (κ3) is 5.32. The first-order chi connectivity index (χ1) is 12.1. The summed E-state index contributed by atoms with van der Waals surface area (Å²) in [6.45, 7) is 5.98. The number of nitrogens with zero attached hydrogens (tertiary/aromatic N) is 2. The topological polar surface area (TPSA) is 66.9 Å². The van der Waals surface area contributed by atoms with Gasteiger partial charge in [0, 0.05) is 18.3 Å². The molecule has 0 unspecified atom stereocenters. The highest BCUT2D eigenvalue weighted by atomic mass is 35.5. The highest BCUT2D eigenvalue weighted by Gasteiger charge is 2.33. The van der Waals surface area contributed by atoms with Crippen LogP contribution in [0.25, 0.3) is 0 Å². The fourth-order valence-corrected chi connectivity index (χ4v) is 2.33. The predicted molar refractivity (Wildman–Crippen MR) is 93.7 cm³/mol. The summed E-state index contributed by atoms with van der Waals surface area (Å²) >= 11 is 5.61. The van der Waals surface area contributed by atoms with Gasteiger partial charge in [-0.25, -0.2) is 9.97 Å². The summed E-state index contributed by atoms with van der Waals surface area (Å²) < 4.78 is 38.9. The van der Waals surface area contributed by atoms with Crippen LogP contribution in [0.15, 0.2) is 24.3 Å². The third-order valence-electron chi connectivity index (χ3n) is 3.29. The van der Waals surface area contributed by atoms with Crippen LogP contribution < -0.4 is 10.6 Å². The number of amides is 1. The van der Waals surface area contributed by atoms with Gasteiger partial charge in [-0.2, -0.15) is 13.2 Å². The smallest absolute Gasteiger partial charge is 0.350 e. The zero-order valence-corrected chi connectivity index (χ0v) is 15.2. The molecule has 9 heteroatoms. The number of benzene rings is 1. The lowest BCUT2D eigenvalue weighted by Crippen LogP contribution is -2.28. The SMILES string of the molecule is Cc1nc(Nc2ccc(Cl)c(C(F)(F)F)c2)cc(C(=O)NCC(C)C)n1. The Morgan fingerprint density at radius 3 is 2.54 bits per heavy atom. The molecule has 0 aliphatic rings. The van der Waals surface area contributed by atoms with E-state index in [9.17, 15) is 18.0 Å². The molecule has 2 N–H and O–H groups in total. The molecule has 140 valence electrons. The van der Waals surface area contributed by atoms with E-state index < -0.39 is 16.8 Å². The van der Waals surface area contributed by atoms with Crippen LogP contribution in [0.2, 0.25) is 5.02 Å². The minimum absolute atomic E-state index is 0.130. The zero-order valence-electron chi connectivity index (χ0n) is 14.4. The first kappa shape index (κ1) is 20.0. The fraction of sp³-hybridized carbons (Fsp3) is 0.353. The van der Waals surface area contributed by atoms with E-state index in [4.69, 9.17) is 11.6 Å². The molecule has 0 bridgehead atoms. The standard InChI is InChI=1S/C17H18ClF3N4O/c1-9(2)8-22-16(26)14-7-15(24-10(3)23-14)25-11-4-5-13(18)12(6-11)17(19,20)21/h4-7,9H,8H2,1-3H3,(H,22,26)(H,23,24,25). The van der Waals surface area contributed by atoms with Crippen molar-refractivity contribution >= 4 is 29.0 Å². The van der Waals surface area contributed by atoms with Gasteiger partial charge < -0.3 is 10.6 Å². The summed E-state index contributed by atoms with van der Waals surface area (Å²) in [6.07, 6.45) is -4.57. The lowest BCUT2D eigenvalue weighted by molar-refractivity contribution is -0.137. The molecular weight excluding hydrogens is 369 g/mol. The molecule has 26 heavy (non-hydrogen) atoms. The van der Waals surface area contributed by atoms with Crippen molar-refractivity contribution in [1.29, 1.82) is 0 Å². The van der Waals surface area contributed by atoms with Crippen molar-refractivity contribution in [1.82, 2.24) is 15.3 Å². The van der Waals surface area contributed by atoms with Gasteiger partial charge in [-0.05, 0) is 31.0 Å². The molecule has 1 aromatic carbocycles. The second-order valence-electron chi connectivity index (χ2n) is 6.11. The molecule has 0 fully saturated rings. The highest BCUT2D eigenvalue weighted by Crippen LogP contribution is 2.36. The van der Waals surface area contributed by atoms with Gasteiger partial charge in [-0.15, -0.1) is 0 Å². The van der Waals surface area contributed by atoms with E-state index in [1.165, 1.54) is 12.1 Å². The van der Waals surface area contributed by atoms with Crippen LogP contribution in [0.1, 0.15) is 35.7 Å². The van der Waals surface area contributed by atoms with Crippen molar-refractivity contribution in [3.05, 3.63) is 46.4 Å². The van der Waals surface area contributed by atoms with E-state index in [1.54, 1.807) is 6.92 Å². The van der Waals surface area contributed by atoms with Crippen LogP contribution >= 0.6 is 11.6 Å². The van der Waals surface area contributed by atoms with Crippen LogP contribution in [0.3, 0.4) is 0 Å². The fourth-order valence-electron chi connectivity index (χ4n) is 2.10. The molecule has 0 aliphatic heterocycles. The average molecular weight is 387 g/mol. The number of rotatable bonds is 5. The number of aromatic nitrogens is 2. The Labute approximate surface area is 154 Å². The van der Waals surface area contributed by atoms with Gasteiger partial charge in [0.1, 0.15) is 17.3 Å². The first-order valence-electron chi connectivity index (χ1n) is 7.84. The molecule has 1 aromatic heterocycles. The first-order valence-corrected chi connectivity index (χ1v) is 8.21. The number of hydrogen-bond donors (Lipinski definition) is 2. The maximum absolute atomic E-state index is 13.0.